The smallest absolute Gasteiger partial charge is 0.254 e. The molecule has 1 aromatic carbocycles. The average Bonchev–Trinajstić information content (AvgIpc) is 2.69. The van der Waals surface area contributed by atoms with Gasteiger partial charge in [0, 0.05) is 43.3 Å². The summed E-state index contributed by atoms with van der Waals surface area (Å²) in [7, 11) is 3.99. The zero-order valence-corrected chi connectivity index (χ0v) is 19.5. The van der Waals surface area contributed by atoms with Crippen molar-refractivity contribution >= 4 is 23.5 Å². The quantitative estimate of drug-likeness (QED) is 0.520. The average molecular weight is 430 g/mol. The van der Waals surface area contributed by atoms with Crippen LogP contribution < -0.4 is 5.56 Å². The van der Waals surface area contributed by atoms with Crippen LogP contribution in [-0.2, 0) is 19.3 Å². The summed E-state index contributed by atoms with van der Waals surface area (Å²) in [5, 5.41) is 3.18. The van der Waals surface area contributed by atoms with E-state index in [0.29, 0.717) is 6.42 Å². The van der Waals surface area contributed by atoms with Crippen molar-refractivity contribution < 1.29 is 0 Å². The topological polar surface area (TPSA) is 49.0 Å². The second-order valence-electron chi connectivity index (χ2n) is 7.23. The molecule has 0 saturated carbocycles. The summed E-state index contributed by atoms with van der Waals surface area (Å²) < 4.78 is 0. The van der Waals surface area contributed by atoms with Crippen LogP contribution in [0.5, 0.6) is 0 Å². The van der Waals surface area contributed by atoms with Gasteiger partial charge < -0.3 is 9.88 Å². The first-order valence-corrected chi connectivity index (χ1v) is 11.8. The van der Waals surface area contributed by atoms with Crippen LogP contribution in [0, 0.1) is 6.92 Å². The van der Waals surface area contributed by atoms with Crippen LogP contribution in [0.1, 0.15) is 29.6 Å². The zero-order valence-electron chi connectivity index (χ0n) is 17.8. The van der Waals surface area contributed by atoms with Gasteiger partial charge in [0.05, 0.1) is 5.03 Å². The highest BCUT2D eigenvalue weighted by atomic mass is 32.2. The van der Waals surface area contributed by atoms with E-state index >= 15 is 0 Å². The number of nitrogens with one attached hydrogen (secondary N) is 1. The van der Waals surface area contributed by atoms with Crippen LogP contribution >= 0.6 is 23.5 Å². The van der Waals surface area contributed by atoms with Gasteiger partial charge in [0.2, 0.25) is 0 Å². The lowest BCUT2D eigenvalue weighted by Gasteiger charge is -2.13. The van der Waals surface area contributed by atoms with Crippen LogP contribution in [0.3, 0.4) is 0 Å². The molecule has 0 aliphatic carbocycles. The molecule has 0 amide bonds. The van der Waals surface area contributed by atoms with E-state index in [9.17, 15) is 4.79 Å². The van der Waals surface area contributed by atoms with E-state index in [1.165, 1.54) is 11.1 Å². The Morgan fingerprint density at radius 3 is 2.59 bits per heavy atom. The van der Waals surface area contributed by atoms with E-state index in [4.69, 9.17) is 0 Å². The van der Waals surface area contributed by atoms with Crippen molar-refractivity contribution in [1.82, 2.24) is 14.9 Å². The Kier molecular flexibility index (Phi) is 9.61. The second kappa shape index (κ2) is 11.9. The first-order chi connectivity index (χ1) is 13.9. The third-order valence-electron chi connectivity index (χ3n) is 4.49. The van der Waals surface area contributed by atoms with Crippen molar-refractivity contribution in [2.45, 2.75) is 33.1 Å². The molecule has 0 unspecified atom stereocenters. The number of H-pyrrole nitrogens is 1. The fraction of sp³-hybridized carbons (Fsp3) is 0.391. The molecule has 2 aromatic rings. The molecule has 1 N–H and O–H groups in total. The SMILES string of the molecule is C=C(S/C=C(\C)CSCCc1nc(C)c(CCc2ccccc2)c(=O)[nH]1)N(C)C. The van der Waals surface area contributed by atoms with Crippen LogP contribution in [0.25, 0.3) is 0 Å². The number of aryl methyl sites for hydroxylation is 3. The lowest BCUT2D eigenvalue weighted by atomic mass is 10.0. The molecular formula is C23H31N3OS2. The normalized spacial score (nSPS) is 11.5. The van der Waals surface area contributed by atoms with Gasteiger partial charge in [0.1, 0.15) is 5.82 Å². The predicted octanol–water partition coefficient (Wildman–Crippen LogP) is 4.81. The Balaban J connectivity index is 1.82. The highest BCUT2D eigenvalue weighted by Gasteiger charge is 2.09. The molecule has 2 rings (SSSR count). The van der Waals surface area contributed by atoms with E-state index in [1.807, 2.05) is 55.9 Å². The van der Waals surface area contributed by atoms with E-state index in [-0.39, 0.29) is 5.56 Å². The van der Waals surface area contributed by atoms with Gasteiger partial charge in [-0.3, -0.25) is 4.79 Å². The van der Waals surface area contributed by atoms with Crippen LogP contribution in [0.2, 0.25) is 0 Å². The van der Waals surface area contributed by atoms with Gasteiger partial charge in [-0.25, -0.2) is 4.98 Å². The zero-order chi connectivity index (χ0) is 21.2. The van der Waals surface area contributed by atoms with Crippen molar-refractivity contribution in [3.05, 3.63) is 85.9 Å². The molecule has 0 radical (unpaired) electrons. The van der Waals surface area contributed by atoms with Gasteiger partial charge >= 0.3 is 0 Å². The summed E-state index contributed by atoms with van der Waals surface area (Å²) in [5.41, 5.74) is 4.20. The Hall–Kier alpha value is -1.92. The first-order valence-electron chi connectivity index (χ1n) is 9.75. The number of aromatic nitrogens is 2. The van der Waals surface area contributed by atoms with E-state index in [0.717, 1.165) is 46.5 Å². The maximum atomic E-state index is 12.5. The van der Waals surface area contributed by atoms with Gasteiger partial charge in [-0.05, 0) is 37.7 Å². The van der Waals surface area contributed by atoms with Crippen LogP contribution in [0.4, 0.5) is 0 Å². The number of rotatable bonds is 11. The van der Waals surface area contributed by atoms with Gasteiger partial charge in [0.25, 0.3) is 5.56 Å². The third kappa shape index (κ3) is 8.15. The van der Waals surface area contributed by atoms with Crippen molar-refractivity contribution in [2.75, 3.05) is 25.6 Å². The molecule has 0 aliphatic heterocycles. The van der Waals surface area contributed by atoms with Gasteiger partial charge in [-0.1, -0.05) is 54.2 Å². The summed E-state index contributed by atoms with van der Waals surface area (Å²) in [4.78, 5) is 22.1. The molecule has 0 fully saturated rings. The summed E-state index contributed by atoms with van der Waals surface area (Å²) in [6.07, 6.45) is 2.34. The fourth-order valence-corrected chi connectivity index (χ4v) is 4.33. The van der Waals surface area contributed by atoms with E-state index in [2.05, 4.69) is 41.0 Å². The van der Waals surface area contributed by atoms with Crippen molar-refractivity contribution in [2.24, 2.45) is 0 Å². The number of aromatic amines is 1. The number of nitrogens with zero attached hydrogens (tertiary/aromatic N) is 2. The van der Waals surface area contributed by atoms with E-state index < -0.39 is 0 Å². The third-order valence-corrected chi connectivity index (χ3v) is 6.80. The summed E-state index contributed by atoms with van der Waals surface area (Å²) >= 11 is 3.50. The van der Waals surface area contributed by atoms with Crippen molar-refractivity contribution in [1.29, 1.82) is 0 Å². The minimum atomic E-state index is 0.00288. The highest BCUT2D eigenvalue weighted by molar-refractivity contribution is 8.05. The number of thioether (sulfide) groups is 2. The Morgan fingerprint density at radius 1 is 1.21 bits per heavy atom. The largest absolute Gasteiger partial charge is 0.373 e. The Bertz CT molecular complexity index is 889. The molecule has 0 aliphatic rings. The van der Waals surface area contributed by atoms with Crippen molar-refractivity contribution in [3.8, 4) is 0 Å². The molecule has 156 valence electrons. The molecule has 6 heteroatoms. The van der Waals surface area contributed by atoms with Gasteiger partial charge in [0.15, 0.2) is 0 Å². The van der Waals surface area contributed by atoms with Gasteiger partial charge in [-0.2, -0.15) is 11.8 Å². The number of benzene rings is 1. The summed E-state index contributed by atoms with van der Waals surface area (Å²) in [6, 6.07) is 10.2. The first kappa shape index (κ1) is 23.4. The maximum Gasteiger partial charge on any atom is 0.254 e. The minimum Gasteiger partial charge on any atom is -0.373 e. The fourth-order valence-electron chi connectivity index (χ4n) is 2.71. The minimum absolute atomic E-state index is 0.00288. The molecule has 4 nitrogen and oxygen atoms in total. The molecule has 0 bridgehead atoms. The van der Waals surface area contributed by atoms with Crippen LogP contribution in [-0.4, -0.2) is 40.5 Å². The standard InChI is InChI=1S/C23H31N3OS2/c1-17(16-29-19(3)26(4)5)15-28-14-13-22-24-18(2)21(23(27)25-22)12-11-20-9-7-6-8-10-20/h6-10,16H,3,11-15H2,1-2,4-5H3,(H,24,25,27)/b17-16+. The number of hydrogen-bond acceptors (Lipinski definition) is 5. The molecule has 29 heavy (non-hydrogen) atoms. The number of hydrogen-bond donors (Lipinski definition) is 1. The lowest BCUT2D eigenvalue weighted by molar-refractivity contribution is 0.553. The van der Waals surface area contributed by atoms with E-state index in [1.54, 1.807) is 11.8 Å². The maximum absolute atomic E-state index is 12.5. The van der Waals surface area contributed by atoms with Crippen LogP contribution in [0.15, 0.2) is 57.7 Å². The lowest BCUT2D eigenvalue weighted by Crippen LogP contribution is -2.20. The summed E-state index contributed by atoms with van der Waals surface area (Å²) in [6.45, 7) is 8.08. The molecule has 0 atom stereocenters. The molecule has 1 heterocycles. The molecule has 0 spiro atoms. The molecule has 1 aromatic heterocycles. The Morgan fingerprint density at radius 2 is 1.93 bits per heavy atom. The molecular weight excluding hydrogens is 398 g/mol. The highest BCUT2D eigenvalue weighted by Crippen LogP contribution is 2.20. The predicted molar refractivity (Wildman–Crippen MR) is 129 cm³/mol. The second-order valence-corrected chi connectivity index (χ2v) is 9.28. The van der Waals surface area contributed by atoms with Gasteiger partial charge in [-0.15, -0.1) is 0 Å². The monoisotopic (exact) mass is 429 g/mol. The molecule has 0 saturated heterocycles. The summed E-state index contributed by atoms with van der Waals surface area (Å²) in [5.74, 6) is 2.67. The van der Waals surface area contributed by atoms with Crippen molar-refractivity contribution in [3.63, 3.8) is 0 Å². The Labute approximate surface area is 182 Å².